The van der Waals surface area contributed by atoms with Crippen LogP contribution < -0.4 is 20.3 Å². The van der Waals surface area contributed by atoms with Crippen LogP contribution in [0.5, 0.6) is 5.75 Å². The SMILES string of the molecule is COc1ccc(CNC(=O)C2CCCN(c3nccc(Nc4ccc(C)cc4)n3)C2)cc1. The lowest BCUT2D eigenvalue weighted by Gasteiger charge is -2.32. The number of rotatable bonds is 7. The van der Waals surface area contributed by atoms with Crippen molar-refractivity contribution in [3.8, 4) is 5.75 Å². The number of nitrogens with one attached hydrogen (secondary N) is 2. The van der Waals surface area contributed by atoms with Gasteiger partial charge in [-0.3, -0.25) is 4.79 Å². The zero-order valence-corrected chi connectivity index (χ0v) is 18.5. The Morgan fingerprint density at radius 3 is 2.66 bits per heavy atom. The van der Waals surface area contributed by atoms with Crippen LogP contribution in [0, 0.1) is 12.8 Å². The van der Waals surface area contributed by atoms with Gasteiger partial charge in [-0.25, -0.2) is 4.98 Å². The highest BCUT2D eigenvalue weighted by Gasteiger charge is 2.27. The maximum atomic E-state index is 12.8. The lowest BCUT2D eigenvalue weighted by Crippen LogP contribution is -2.43. The van der Waals surface area contributed by atoms with E-state index in [4.69, 9.17) is 4.74 Å². The molecule has 2 N–H and O–H groups in total. The molecule has 1 unspecified atom stereocenters. The van der Waals surface area contributed by atoms with Gasteiger partial charge in [-0.15, -0.1) is 0 Å². The number of anilines is 3. The molecule has 0 saturated carbocycles. The number of carbonyl (C=O) groups is 1. The third kappa shape index (κ3) is 5.55. The molecule has 0 aliphatic carbocycles. The second-order valence-electron chi connectivity index (χ2n) is 8.08. The summed E-state index contributed by atoms with van der Waals surface area (Å²) in [5.41, 5.74) is 3.24. The van der Waals surface area contributed by atoms with Crippen molar-refractivity contribution in [1.29, 1.82) is 0 Å². The third-order valence-electron chi connectivity index (χ3n) is 5.67. The molecule has 4 rings (SSSR count). The van der Waals surface area contributed by atoms with Gasteiger partial charge >= 0.3 is 0 Å². The smallest absolute Gasteiger partial charge is 0.227 e. The number of nitrogens with zero attached hydrogens (tertiary/aromatic N) is 3. The first kappa shape index (κ1) is 21.6. The van der Waals surface area contributed by atoms with Crippen molar-refractivity contribution in [3.63, 3.8) is 0 Å². The fourth-order valence-corrected chi connectivity index (χ4v) is 3.80. The molecule has 7 heteroatoms. The molecule has 1 aliphatic rings. The molecule has 3 aromatic rings. The van der Waals surface area contributed by atoms with Gasteiger partial charge in [-0.05, 0) is 55.7 Å². The number of ether oxygens (including phenoxy) is 1. The molecule has 0 bridgehead atoms. The van der Waals surface area contributed by atoms with Gasteiger partial charge in [0.25, 0.3) is 0 Å². The molecule has 166 valence electrons. The number of carbonyl (C=O) groups excluding carboxylic acids is 1. The van der Waals surface area contributed by atoms with Gasteiger partial charge in [0.15, 0.2) is 0 Å². The minimum Gasteiger partial charge on any atom is -0.497 e. The van der Waals surface area contributed by atoms with Crippen LogP contribution in [-0.2, 0) is 11.3 Å². The summed E-state index contributed by atoms with van der Waals surface area (Å²) in [5, 5.41) is 6.39. The summed E-state index contributed by atoms with van der Waals surface area (Å²) < 4.78 is 5.18. The van der Waals surface area contributed by atoms with Crippen molar-refractivity contribution in [1.82, 2.24) is 15.3 Å². The van der Waals surface area contributed by atoms with Crippen LogP contribution >= 0.6 is 0 Å². The number of hydrogen-bond acceptors (Lipinski definition) is 6. The summed E-state index contributed by atoms with van der Waals surface area (Å²) in [4.78, 5) is 24.0. The standard InChI is InChI=1S/C25H29N5O2/c1-18-5-9-21(10-6-18)28-23-13-14-26-25(29-23)30-15-3-4-20(17-30)24(31)27-16-19-7-11-22(32-2)12-8-19/h5-14,20H,3-4,15-17H2,1-2H3,(H,27,31)(H,26,28,29). The summed E-state index contributed by atoms with van der Waals surface area (Å²) in [5.74, 6) is 2.18. The van der Waals surface area contributed by atoms with Crippen molar-refractivity contribution >= 4 is 23.4 Å². The highest BCUT2D eigenvalue weighted by Crippen LogP contribution is 2.23. The van der Waals surface area contributed by atoms with Gasteiger partial charge in [-0.1, -0.05) is 29.8 Å². The van der Waals surface area contributed by atoms with Crippen molar-refractivity contribution in [2.75, 3.05) is 30.4 Å². The summed E-state index contributed by atoms with van der Waals surface area (Å²) in [6, 6.07) is 17.8. The summed E-state index contributed by atoms with van der Waals surface area (Å²) in [6.07, 6.45) is 3.55. The predicted molar refractivity (Wildman–Crippen MR) is 126 cm³/mol. The van der Waals surface area contributed by atoms with Crippen LogP contribution in [0.4, 0.5) is 17.5 Å². The van der Waals surface area contributed by atoms with E-state index in [0.29, 0.717) is 19.0 Å². The Hall–Kier alpha value is -3.61. The van der Waals surface area contributed by atoms with Crippen molar-refractivity contribution in [2.45, 2.75) is 26.3 Å². The Balaban J connectivity index is 1.35. The van der Waals surface area contributed by atoms with Gasteiger partial charge in [0.2, 0.25) is 11.9 Å². The lowest BCUT2D eigenvalue weighted by atomic mass is 9.97. The van der Waals surface area contributed by atoms with Crippen LogP contribution in [0.15, 0.2) is 60.8 Å². The Morgan fingerprint density at radius 1 is 1.12 bits per heavy atom. The quantitative estimate of drug-likeness (QED) is 0.587. The minimum atomic E-state index is -0.0840. The Bertz CT molecular complexity index is 1040. The molecular weight excluding hydrogens is 402 g/mol. The first-order valence-electron chi connectivity index (χ1n) is 10.9. The van der Waals surface area contributed by atoms with Gasteiger partial charge in [0.1, 0.15) is 11.6 Å². The molecule has 1 amide bonds. The molecule has 0 spiro atoms. The zero-order chi connectivity index (χ0) is 22.3. The fourth-order valence-electron chi connectivity index (χ4n) is 3.80. The van der Waals surface area contributed by atoms with Gasteiger partial charge in [0.05, 0.1) is 13.0 Å². The highest BCUT2D eigenvalue weighted by molar-refractivity contribution is 5.79. The normalized spacial score (nSPS) is 15.8. The molecule has 0 radical (unpaired) electrons. The number of hydrogen-bond donors (Lipinski definition) is 2. The first-order chi connectivity index (χ1) is 15.6. The van der Waals surface area contributed by atoms with E-state index >= 15 is 0 Å². The Kier molecular flexibility index (Phi) is 6.84. The van der Waals surface area contributed by atoms with Gasteiger partial charge in [0, 0.05) is 31.5 Å². The Labute approximate surface area is 188 Å². The van der Waals surface area contributed by atoms with E-state index in [1.807, 2.05) is 42.5 Å². The van der Waals surface area contributed by atoms with Gasteiger partial charge < -0.3 is 20.3 Å². The van der Waals surface area contributed by atoms with Crippen LogP contribution in [0.3, 0.4) is 0 Å². The average Bonchev–Trinajstić information content (AvgIpc) is 2.84. The highest BCUT2D eigenvalue weighted by atomic mass is 16.5. The topological polar surface area (TPSA) is 79.4 Å². The fraction of sp³-hybridized carbons (Fsp3) is 0.320. The molecule has 1 saturated heterocycles. The second-order valence-corrected chi connectivity index (χ2v) is 8.08. The maximum Gasteiger partial charge on any atom is 0.227 e. The van der Waals surface area contributed by atoms with E-state index in [0.717, 1.165) is 42.2 Å². The number of aromatic nitrogens is 2. The monoisotopic (exact) mass is 431 g/mol. The minimum absolute atomic E-state index is 0.0689. The lowest BCUT2D eigenvalue weighted by molar-refractivity contribution is -0.125. The first-order valence-corrected chi connectivity index (χ1v) is 10.9. The van der Waals surface area contributed by atoms with E-state index in [9.17, 15) is 4.79 Å². The van der Waals surface area contributed by atoms with Gasteiger partial charge in [-0.2, -0.15) is 4.98 Å². The van der Waals surface area contributed by atoms with Crippen LogP contribution in [-0.4, -0.2) is 36.1 Å². The van der Waals surface area contributed by atoms with Crippen LogP contribution in [0.25, 0.3) is 0 Å². The second kappa shape index (κ2) is 10.1. The molecule has 32 heavy (non-hydrogen) atoms. The maximum absolute atomic E-state index is 12.8. The van der Waals surface area contributed by atoms with Crippen LogP contribution in [0.2, 0.25) is 0 Å². The van der Waals surface area contributed by atoms with E-state index in [1.54, 1.807) is 13.3 Å². The molecule has 1 aliphatic heterocycles. The molecular formula is C25H29N5O2. The molecule has 7 nitrogen and oxygen atoms in total. The molecule has 1 fully saturated rings. The summed E-state index contributed by atoms with van der Waals surface area (Å²) in [6.45, 7) is 4.02. The summed E-state index contributed by atoms with van der Waals surface area (Å²) in [7, 11) is 1.64. The number of amides is 1. The van der Waals surface area contributed by atoms with Crippen molar-refractivity contribution < 1.29 is 9.53 Å². The largest absolute Gasteiger partial charge is 0.497 e. The van der Waals surface area contributed by atoms with E-state index < -0.39 is 0 Å². The molecule has 1 atom stereocenters. The third-order valence-corrected chi connectivity index (χ3v) is 5.67. The summed E-state index contributed by atoms with van der Waals surface area (Å²) >= 11 is 0. The number of aryl methyl sites for hydroxylation is 1. The van der Waals surface area contributed by atoms with E-state index in [1.165, 1.54) is 5.56 Å². The number of methoxy groups -OCH3 is 1. The molecule has 2 heterocycles. The average molecular weight is 432 g/mol. The van der Waals surface area contributed by atoms with Crippen molar-refractivity contribution in [2.24, 2.45) is 5.92 Å². The molecule has 1 aromatic heterocycles. The van der Waals surface area contributed by atoms with Crippen molar-refractivity contribution in [3.05, 3.63) is 71.9 Å². The predicted octanol–water partition coefficient (Wildman–Crippen LogP) is 4.07. The zero-order valence-electron chi connectivity index (χ0n) is 18.5. The van der Waals surface area contributed by atoms with Crippen LogP contribution in [0.1, 0.15) is 24.0 Å². The number of piperidine rings is 1. The number of benzene rings is 2. The molecule has 2 aromatic carbocycles. The van der Waals surface area contributed by atoms with E-state index in [-0.39, 0.29) is 11.8 Å². The van der Waals surface area contributed by atoms with E-state index in [2.05, 4.69) is 44.6 Å². The Morgan fingerprint density at radius 2 is 1.91 bits per heavy atom.